The minimum atomic E-state index is -0.815. The summed E-state index contributed by atoms with van der Waals surface area (Å²) in [5.41, 5.74) is 2.30. The van der Waals surface area contributed by atoms with Gasteiger partial charge in [0, 0.05) is 24.5 Å². The fraction of sp³-hybridized carbons (Fsp3) is 0.174. The number of amides is 1. The van der Waals surface area contributed by atoms with Crippen LogP contribution in [0.5, 0.6) is 0 Å². The number of pyridine rings is 1. The van der Waals surface area contributed by atoms with Crippen LogP contribution in [0.25, 0.3) is 5.76 Å². The predicted octanol–water partition coefficient (Wildman–Crippen LogP) is 3.91. The van der Waals surface area contributed by atoms with Crippen molar-refractivity contribution < 1.29 is 19.1 Å². The van der Waals surface area contributed by atoms with Crippen LogP contribution in [0.1, 0.15) is 34.3 Å². The van der Waals surface area contributed by atoms with Gasteiger partial charge in [-0.25, -0.2) is 0 Å². The summed E-state index contributed by atoms with van der Waals surface area (Å²) in [4.78, 5) is 31.3. The van der Waals surface area contributed by atoms with E-state index in [9.17, 15) is 14.7 Å². The van der Waals surface area contributed by atoms with E-state index in [1.165, 1.54) is 4.90 Å². The van der Waals surface area contributed by atoms with Crippen molar-refractivity contribution in [2.75, 3.05) is 0 Å². The number of Topliss-reactive ketones (excluding diaryl/α,β-unsaturated/α-hetero) is 1. The molecule has 0 radical (unpaired) electrons. The first-order valence-electron chi connectivity index (χ1n) is 9.26. The van der Waals surface area contributed by atoms with E-state index in [-0.39, 0.29) is 17.9 Å². The number of benzene rings is 1. The number of aliphatic hydroxyl groups is 1. The Balaban J connectivity index is 1.84. The molecule has 1 aliphatic heterocycles. The van der Waals surface area contributed by atoms with Crippen LogP contribution in [0.4, 0.5) is 0 Å². The number of carbonyl (C=O) groups is 2. The van der Waals surface area contributed by atoms with Gasteiger partial charge in [-0.1, -0.05) is 35.9 Å². The third-order valence-corrected chi connectivity index (χ3v) is 4.97. The lowest BCUT2D eigenvalue weighted by Gasteiger charge is -2.23. The third-order valence-electron chi connectivity index (χ3n) is 4.97. The molecular formula is C23H20N2O4. The zero-order valence-corrected chi connectivity index (χ0v) is 16.1. The molecule has 0 saturated carbocycles. The van der Waals surface area contributed by atoms with Crippen LogP contribution in [0.15, 0.2) is 70.9 Å². The maximum absolute atomic E-state index is 12.9. The molecule has 2 aromatic heterocycles. The Morgan fingerprint density at radius 3 is 2.48 bits per heavy atom. The number of aryl methyl sites for hydroxylation is 2. The van der Waals surface area contributed by atoms with Gasteiger partial charge in [0.1, 0.15) is 23.3 Å². The molecule has 0 spiro atoms. The third kappa shape index (κ3) is 3.45. The molecule has 146 valence electrons. The van der Waals surface area contributed by atoms with Gasteiger partial charge in [0.25, 0.3) is 11.7 Å². The minimum absolute atomic E-state index is 0.0251. The smallest absolute Gasteiger partial charge is 0.296 e. The Bertz CT molecular complexity index is 1100. The van der Waals surface area contributed by atoms with Crippen LogP contribution < -0.4 is 0 Å². The SMILES string of the molecule is Cc1ccc(/C(O)=C2/C(=O)C(=O)N(Cc3cccnc3)C2c2ccc(C)o2)cc1. The molecular weight excluding hydrogens is 368 g/mol. The number of nitrogens with zero attached hydrogens (tertiary/aromatic N) is 2. The summed E-state index contributed by atoms with van der Waals surface area (Å²) < 4.78 is 5.76. The van der Waals surface area contributed by atoms with Crippen molar-refractivity contribution in [1.29, 1.82) is 0 Å². The fourth-order valence-corrected chi connectivity index (χ4v) is 3.49. The van der Waals surface area contributed by atoms with E-state index in [0.717, 1.165) is 11.1 Å². The second kappa shape index (κ2) is 7.39. The van der Waals surface area contributed by atoms with Crippen LogP contribution in [-0.2, 0) is 16.1 Å². The number of likely N-dealkylation sites (tertiary alicyclic amines) is 1. The Labute approximate surface area is 168 Å². The molecule has 0 aliphatic carbocycles. The summed E-state index contributed by atoms with van der Waals surface area (Å²) >= 11 is 0. The average Bonchev–Trinajstić information content (AvgIpc) is 3.25. The molecule has 4 rings (SSSR count). The van der Waals surface area contributed by atoms with Crippen molar-refractivity contribution in [3.05, 3.63) is 94.7 Å². The first-order valence-corrected chi connectivity index (χ1v) is 9.26. The Kier molecular flexibility index (Phi) is 4.76. The average molecular weight is 388 g/mol. The molecule has 29 heavy (non-hydrogen) atoms. The van der Waals surface area contributed by atoms with Crippen molar-refractivity contribution in [3.63, 3.8) is 0 Å². The highest BCUT2D eigenvalue weighted by Crippen LogP contribution is 2.40. The van der Waals surface area contributed by atoms with E-state index >= 15 is 0 Å². The van der Waals surface area contributed by atoms with Gasteiger partial charge in [0.15, 0.2) is 0 Å². The molecule has 3 aromatic rings. The normalized spacial score (nSPS) is 18.4. The number of ketones is 1. The fourth-order valence-electron chi connectivity index (χ4n) is 3.49. The second-order valence-electron chi connectivity index (χ2n) is 7.10. The minimum Gasteiger partial charge on any atom is -0.507 e. The lowest BCUT2D eigenvalue weighted by molar-refractivity contribution is -0.140. The second-order valence-corrected chi connectivity index (χ2v) is 7.10. The van der Waals surface area contributed by atoms with E-state index in [1.807, 2.05) is 25.1 Å². The van der Waals surface area contributed by atoms with Crippen LogP contribution >= 0.6 is 0 Å². The van der Waals surface area contributed by atoms with E-state index in [1.54, 1.807) is 49.6 Å². The van der Waals surface area contributed by atoms with Crippen molar-refractivity contribution in [2.45, 2.75) is 26.4 Å². The number of hydrogen-bond acceptors (Lipinski definition) is 5. The van der Waals surface area contributed by atoms with Crippen LogP contribution in [-0.4, -0.2) is 26.7 Å². The predicted molar refractivity (Wildman–Crippen MR) is 107 cm³/mol. The molecule has 6 heteroatoms. The summed E-state index contributed by atoms with van der Waals surface area (Å²) in [7, 11) is 0. The summed E-state index contributed by atoms with van der Waals surface area (Å²) in [6.45, 7) is 3.90. The van der Waals surface area contributed by atoms with Crippen molar-refractivity contribution in [2.24, 2.45) is 0 Å². The summed E-state index contributed by atoms with van der Waals surface area (Å²) in [5.74, 6) is -0.537. The number of rotatable bonds is 4. The summed E-state index contributed by atoms with van der Waals surface area (Å²) in [5, 5.41) is 10.9. The Morgan fingerprint density at radius 1 is 1.10 bits per heavy atom. The molecule has 1 aliphatic rings. The van der Waals surface area contributed by atoms with E-state index in [0.29, 0.717) is 17.1 Å². The number of hydrogen-bond donors (Lipinski definition) is 1. The van der Waals surface area contributed by atoms with Gasteiger partial charge in [-0.3, -0.25) is 14.6 Å². The quantitative estimate of drug-likeness (QED) is 0.416. The number of aliphatic hydroxyl groups excluding tert-OH is 1. The van der Waals surface area contributed by atoms with E-state index in [2.05, 4.69) is 4.98 Å². The molecule has 3 heterocycles. The lowest BCUT2D eigenvalue weighted by atomic mass is 9.98. The van der Waals surface area contributed by atoms with Crippen LogP contribution in [0.2, 0.25) is 0 Å². The van der Waals surface area contributed by atoms with Gasteiger partial charge in [-0.2, -0.15) is 0 Å². The molecule has 1 saturated heterocycles. The van der Waals surface area contributed by atoms with Gasteiger partial charge in [-0.05, 0) is 37.6 Å². The topological polar surface area (TPSA) is 83.6 Å². The molecule has 1 atom stereocenters. The highest BCUT2D eigenvalue weighted by molar-refractivity contribution is 6.46. The summed E-state index contributed by atoms with van der Waals surface area (Å²) in [6, 6.07) is 13.4. The zero-order chi connectivity index (χ0) is 20.5. The van der Waals surface area contributed by atoms with Gasteiger partial charge in [0.2, 0.25) is 0 Å². The standard InChI is InChI=1S/C23H20N2O4/c1-14-5-8-17(9-6-14)21(26)19-20(18-10-7-15(2)29-18)25(23(28)22(19)27)13-16-4-3-11-24-12-16/h3-12,20,26H,13H2,1-2H3/b21-19-. The van der Waals surface area contributed by atoms with E-state index in [4.69, 9.17) is 4.42 Å². The largest absolute Gasteiger partial charge is 0.507 e. The van der Waals surface area contributed by atoms with Crippen molar-refractivity contribution >= 4 is 17.4 Å². The molecule has 1 fully saturated rings. The molecule has 1 amide bonds. The highest BCUT2D eigenvalue weighted by atomic mass is 16.3. The van der Waals surface area contributed by atoms with Gasteiger partial charge in [0.05, 0.1) is 5.57 Å². The molecule has 0 bridgehead atoms. The van der Waals surface area contributed by atoms with E-state index < -0.39 is 17.7 Å². The molecule has 1 aromatic carbocycles. The lowest BCUT2D eigenvalue weighted by Crippen LogP contribution is -2.29. The maximum atomic E-state index is 12.9. The zero-order valence-electron chi connectivity index (χ0n) is 16.1. The van der Waals surface area contributed by atoms with Crippen molar-refractivity contribution in [1.82, 2.24) is 9.88 Å². The Hall–Kier alpha value is -3.67. The first kappa shape index (κ1) is 18.7. The Morgan fingerprint density at radius 2 is 1.86 bits per heavy atom. The van der Waals surface area contributed by atoms with Crippen LogP contribution in [0.3, 0.4) is 0 Å². The van der Waals surface area contributed by atoms with Gasteiger partial charge < -0.3 is 14.4 Å². The van der Waals surface area contributed by atoms with Gasteiger partial charge >= 0.3 is 0 Å². The maximum Gasteiger partial charge on any atom is 0.296 e. The number of furan rings is 1. The first-order chi connectivity index (χ1) is 14.0. The summed E-state index contributed by atoms with van der Waals surface area (Å²) in [6.07, 6.45) is 3.28. The molecule has 6 nitrogen and oxygen atoms in total. The number of carbonyl (C=O) groups excluding carboxylic acids is 2. The molecule has 1 unspecified atom stereocenters. The van der Waals surface area contributed by atoms with Crippen LogP contribution in [0, 0.1) is 13.8 Å². The number of aromatic nitrogens is 1. The molecule has 1 N–H and O–H groups in total. The van der Waals surface area contributed by atoms with Gasteiger partial charge in [-0.15, -0.1) is 0 Å². The monoisotopic (exact) mass is 388 g/mol. The highest BCUT2D eigenvalue weighted by Gasteiger charge is 2.47. The van der Waals surface area contributed by atoms with Crippen molar-refractivity contribution in [3.8, 4) is 0 Å².